The number of nitrogens with one attached hydrogen (secondary N) is 1. The molecule has 10 heteroatoms. The van der Waals surface area contributed by atoms with Gasteiger partial charge in [-0.2, -0.15) is 0 Å². The number of hydrogen-bond acceptors (Lipinski definition) is 6. The van der Waals surface area contributed by atoms with Gasteiger partial charge in [0.15, 0.2) is 0 Å². The third kappa shape index (κ3) is 6.44. The first-order valence-electron chi connectivity index (χ1n) is 12.1. The highest BCUT2D eigenvalue weighted by Gasteiger charge is 2.34. The van der Waals surface area contributed by atoms with Crippen molar-refractivity contribution in [2.45, 2.75) is 30.8 Å². The van der Waals surface area contributed by atoms with Crippen molar-refractivity contribution in [1.29, 1.82) is 0 Å². The van der Waals surface area contributed by atoms with Crippen LogP contribution in [0.1, 0.15) is 18.9 Å². The molecule has 0 fully saturated rings. The summed E-state index contributed by atoms with van der Waals surface area (Å²) in [6.07, 6.45) is 0.339. The van der Waals surface area contributed by atoms with E-state index in [0.29, 0.717) is 12.2 Å². The Labute approximate surface area is 224 Å². The van der Waals surface area contributed by atoms with Crippen LogP contribution in [0.5, 0.6) is 11.5 Å². The second-order valence-electron chi connectivity index (χ2n) is 8.41. The summed E-state index contributed by atoms with van der Waals surface area (Å²) in [5.74, 6) is -0.257. The van der Waals surface area contributed by atoms with Crippen LogP contribution in [0.2, 0.25) is 0 Å². The second-order valence-corrected chi connectivity index (χ2v) is 10.3. The normalized spacial score (nSPS) is 11.8. The van der Waals surface area contributed by atoms with E-state index in [1.807, 2.05) is 30.3 Å². The number of ether oxygens (including phenoxy) is 2. The lowest BCUT2D eigenvalue weighted by Gasteiger charge is -2.33. The number of methoxy groups -OCH3 is 2. The van der Waals surface area contributed by atoms with Crippen molar-refractivity contribution in [2.24, 2.45) is 0 Å². The van der Waals surface area contributed by atoms with Gasteiger partial charge in [0.1, 0.15) is 24.1 Å². The molecule has 1 atom stereocenters. The molecule has 0 bridgehead atoms. The Morgan fingerprint density at radius 3 is 2.11 bits per heavy atom. The van der Waals surface area contributed by atoms with Crippen LogP contribution in [-0.4, -0.2) is 59.0 Å². The highest BCUT2D eigenvalue weighted by molar-refractivity contribution is 7.92. The maximum Gasteiger partial charge on any atom is 0.264 e. The molecule has 0 heterocycles. The topological polar surface area (TPSA) is 105 Å². The van der Waals surface area contributed by atoms with E-state index < -0.39 is 28.5 Å². The Morgan fingerprint density at radius 1 is 0.921 bits per heavy atom. The number of likely N-dealkylation sites (N-methyl/N-ethyl adjacent to an activating group) is 1. The lowest BCUT2D eigenvalue weighted by atomic mass is 10.1. The van der Waals surface area contributed by atoms with Crippen molar-refractivity contribution < 1.29 is 27.5 Å². The van der Waals surface area contributed by atoms with Crippen molar-refractivity contribution in [3.63, 3.8) is 0 Å². The van der Waals surface area contributed by atoms with Crippen molar-refractivity contribution in [3.05, 3.63) is 84.4 Å². The molecule has 0 saturated heterocycles. The molecule has 0 spiro atoms. The van der Waals surface area contributed by atoms with Crippen molar-refractivity contribution in [2.75, 3.05) is 32.1 Å². The van der Waals surface area contributed by atoms with Gasteiger partial charge in [-0.25, -0.2) is 8.42 Å². The van der Waals surface area contributed by atoms with Crippen LogP contribution >= 0.6 is 0 Å². The van der Waals surface area contributed by atoms with Gasteiger partial charge in [0.2, 0.25) is 11.8 Å². The summed E-state index contributed by atoms with van der Waals surface area (Å²) in [5.41, 5.74) is 0.941. The molecule has 0 aliphatic carbocycles. The Morgan fingerprint density at radius 2 is 1.55 bits per heavy atom. The average molecular weight is 540 g/mol. The van der Waals surface area contributed by atoms with Crippen molar-refractivity contribution >= 4 is 27.5 Å². The third-order valence-electron chi connectivity index (χ3n) is 6.09. The molecule has 0 aliphatic rings. The van der Waals surface area contributed by atoms with Crippen LogP contribution in [0, 0.1) is 0 Å². The number of rotatable bonds is 12. The molecular formula is C28H33N3O6S. The molecule has 38 heavy (non-hydrogen) atoms. The van der Waals surface area contributed by atoms with Gasteiger partial charge in [-0.15, -0.1) is 0 Å². The molecule has 0 aliphatic heterocycles. The van der Waals surface area contributed by atoms with Gasteiger partial charge >= 0.3 is 0 Å². The van der Waals surface area contributed by atoms with Crippen LogP contribution in [0.3, 0.4) is 0 Å². The predicted molar refractivity (Wildman–Crippen MR) is 146 cm³/mol. The quantitative estimate of drug-likeness (QED) is 0.378. The molecule has 2 amide bonds. The summed E-state index contributed by atoms with van der Waals surface area (Å²) < 4.78 is 39.7. The minimum Gasteiger partial charge on any atom is -0.497 e. The maximum absolute atomic E-state index is 14.0. The predicted octanol–water partition coefficient (Wildman–Crippen LogP) is 3.45. The summed E-state index contributed by atoms with van der Waals surface area (Å²) in [7, 11) is 0.161. The molecule has 1 N–H and O–H groups in total. The monoisotopic (exact) mass is 539 g/mol. The molecule has 0 aromatic heterocycles. The molecule has 3 rings (SSSR count). The fourth-order valence-corrected chi connectivity index (χ4v) is 5.53. The van der Waals surface area contributed by atoms with E-state index in [9.17, 15) is 18.0 Å². The van der Waals surface area contributed by atoms with Crippen LogP contribution in [0.4, 0.5) is 5.69 Å². The maximum atomic E-state index is 14.0. The molecule has 3 aromatic carbocycles. The molecule has 0 unspecified atom stereocenters. The summed E-state index contributed by atoms with van der Waals surface area (Å²) in [4.78, 5) is 28.1. The molecular weight excluding hydrogens is 506 g/mol. The lowest BCUT2D eigenvalue weighted by Crippen LogP contribution is -2.51. The highest BCUT2D eigenvalue weighted by atomic mass is 32.2. The van der Waals surface area contributed by atoms with Gasteiger partial charge in [-0.1, -0.05) is 55.5 Å². The van der Waals surface area contributed by atoms with Gasteiger partial charge in [-0.3, -0.25) is 13.9 Å². The third-order valence-corrected chi connectivity index (χ3v) is 7.87. The Bertz CT molecular complexity index is 1330. The van der Waals surface area contributed by atoms with Crippen molar-refractivity contribution in [1.82, 2.24) is 10.2 Å². The fraction of sp³-hybridized carbons (Fsp3) is 0.286. The first-order chi connectivity index (χ1) is 18.3. The summed E-state index contributed by atoms with van der Waals surface area (Å²) in [5, 5.41) is 2.61. The van der Waals surface area contributed by atoms with Crippen LogP contribution in [0.15, 0.2) is 83.8 Å². The molecule has 0 radical (unpaired) electrons. The zero-order chi connectivity index (χ0) is 27.7. The second kappa shape index (κ2) is 13.0. The number of anilines is 1. The lowest BCUT2D eigenvalue weighted by molar-refractivity contribution is -0.140. The fourth-order valence-electron chi connectivity index (χ4n) is 4.09. The van der Waals surface area contributed by atoms with Gasteiger partial charge in [-0.05, 0) is 36.2 Å². The Balaban J connectivity index is 2.13. The minimum absolute atomic E-state index is 0.00521. The SMILES string of the molecule is CC[C@H](C(=O)NC)N(Cc1ccccc1)C(=O)CN(c1cc(OC)ccc1OC)S(=O)(=O)c1ccccc1. The first-order valence-corrected chi connectivity index (χ1v) is 13.6. The van der Waals surface area contributed by atoms with Gasteiger partial charge in [0.25, 0.3) is 10.0 Å². The van der Waals surface area contributed by atoms with E-state index in [1.165, 1.54) is 44.4 Å². The number of benzene rings is 3. The minimum atomic E-state index is -4.22. The number of amides is 2. The summed E-state index contributed by atoms with van der Waals surface area (Å²) in [6.45, 7) is 1.36. The van der Waals surface area contributed by atoms with Crippen LogP contribution < -0.4 is 19.1 Å². The molecule has 0 saturated carbocycles. The van der Waals surface area contributed by atoms with Gasteiger partial charge < -0.3 is 19.7 Å². The largest absolute Gasteiger partial charge is 0.497 e. The van der Waals surface area contributed by atoms with E-state index in [2.05, 4.69) is 5.32 Å². The average Bonchev–Trinajstić information content (AvgIpc) is 2.96. The smallest absolute Gasteiger partial charge is 0.264 e. The van der Waals surface area contributed by atoms with E-state index in [4.69, 9.17) is 9.47 Å². The van der Waals surface area contributed by atoms with Gasteiger partial charge in [0, 0.05) is 19.7 Å². The molecule has 202 valence electrons. The van der Waals surface area contributed by atoms with E-state index >= 15 is 0 Å². The van der Waals surface area contributed by atoms with Gasteiger partial charge in [0.05, 0.1) is 24.8 Å². The highest BCUT2D eigenvalue weighted by Crippen LogP contribution is 2.36. The zero-order valence-corrected chi connectivity index (χ0v) is 22.8. The van der Waals surface area contributed by atoms with E-state index in [-0.39, 0.29) is 28.8 Å². The number of carbonyl (C=O) groups excluding carboxylic acids is 2. The summed E-state index contributed by atoms with van der Waals surface area (Å²) >= 11 is 0. The number of carbonyl (C=O) groups is 2. The first kappa shape index (κ1) is 28.5. The molecule has 3 aromatic rings. The standard InChI is InChI=1S/C28H33N3O6S/c1-5-24(28(33)29-2)30(19-21-12-8-6-9-13-21)27(32)20-31(38(34,35)23-14-10-7-11-15-23)25-18-22(36-3)16-17-26(25)37-4/h6-18,24H,5,19-20H2,1-4H3,(H,29,33)/t24-/m1/s1. The van der Waals surface area contributed by atoms with E-state index in [0.717, 1.165) is 9.87 Å². The number of sulfonamides is 1. The zero-order valence-electron chi connectivity index (χ0n) is 22.0. The van der Waals surface area contributed by atoms with Crippen molar-refractivity contribution in [3.8, 4) is 11.5 Å². The number of hydrogen-bond donors (Lipinski definition) is 1. The molecule has 9 nitrogen and oxygen atoms in total. The Hall–Kier alpha value is -4.05. The van der Waals surface area contributed by atoms with Crippen LogP contribution in [0.25, 0.3) is 0 Å². The summed E-state index contributed by atoms with van der Waals surface area (Å²) in [6, 6.07) is 21.0. The van der Waals surface area contributed by atoms with E-state index in [1.54, 1.807) is 37.3 Å². The van der Waals surface area contributed by atoms with Crippen LogP contribution in [-0.2, 0) is 26.2 Å². The number of nitrogens with zero attached hydrogens (tertiary/aromatic N) is 2. The Kier molecular flexibility index (Phi) is 9.72.